The van der Waals surface area contributed by atoms with E-state index in [1.807, 2.05) is 54.9 Å². The summed E-state index contributed by atoms with van der Waals surface area (Å²) in [4.78, 5) is 9.37. The first kappa shape index (κ1) is 37.8. The van der Waals surface area contributed by atoms with Gasteiger partial charge in [-0.1, -0.05) is 163 Å². The standard InChI is InChI=1S/C27H30N.C23H16N.Ir/c1-25(2,3)18-15-16-28-23(17-18)19-11-10-14-22-24(19)27(6,7)21-13-9-8-12-20(21)26(22,4)5;1-3-7-18(8-4-1)20-11-13-21(14-12-20)23-16-15-22(17-24-23)19-9-5-2-6-10-19;/h8-10,12-17H,1-7H3;1-13,15-17H;/q2*-1;. The van der Waals surface area contributed by atoms with Crippen LogP contribution >= 0.6 is 0 Å². The summed E-state index contributed by atoms with van der Waals surface area (Å²) in [6.45, 7) is 16.1. The number of hydrogen-bond donors (Lipinski definition) is 0. The van der Waals surface area contributed by atoms with Gasteiger partial charge in [-0.05, 0) is 61.5 Å². The van der Waals surface area contributed by atoms with E-state index in [9.17, 15) is 0 Å². The van der Waals surface area contributed by atoms with Crippen LogP contribution in [0.3, 0.4) is 0 Å². The maximum atomic E-state index is 4.77. The Labute approximate surface area is 329 Å². The summed E-state index contributed by atoms with van der Waals surface area (Å²) in [7, 11) is 0. The first-order chi connectivity index (χ1) is 24.9. The molecule has 0 bridgehead atoms. The van der Waals surface area contributed by atoms with Crippen LogP contribution in [0.2, 0.25) is 0 Å². The van der Waals surface area contributed by atoms with E-state index in [1.54, 1.807) is 0 Å². The van der Waals surface area contributed by atoms with E-state index in [2.05, 4.69) is 163 Å². The molecule has 0 spiro atoms. The second-order valence-corrected chi connectivity index (χ2v) is 15.8. The summed E-state index contributed by atoms with van der Waals surface area (Å²) >= 11 is 0. The van der Waals surface area contributed by atoms with E-state index < -0.39 is 0 Å². The van der Waals surface area contributed by atoms with Crippen molar-refractivity contribution in [2.45, 2.75) is 64.7 Å². The molecule has 2 aromatic heterocycles. The first-order valence-corrected chi connectivity index (χ1v) is 18.2. The molecule has 2 heterocycles. The zero-order chi connectivity index (χ0) is 36.5. The molecule has 0 saturated carbocycles. The van der Waals surface area contributed by atoms with Gasteiger partial charge in [0.2, 0.25) is 0 Å². The van der Waals surface area contributed by atoms with E-state index >= 15 is 0 Å². The van der Waals surface area contributed by atoms with Gasteiger partial charge < -0.3 is 9.97 Å². The van der Waals surface area contributed by atoms with Crippen LogP contribution in [0.25, 0.3) is 44.8 Å². The summed E-state index contributed by atoms with van der Waals surface area (Å²) < 4.78 is 0. The van der Waals surface area contributed by atoms with Crippen LogP contribution in [0.4, 0.5) is 0 Å². The minimum absolute atomic E-state index is 0. The zero-order valence-electron chi connectivity index (χ0n) is 31.7. The van der Waals surface area contributed by atoms with E-state index in [0.717, 1.165) is 28.1 Å². The fourth-order valence-electron chi connectivity index (χ4n) is 7.51. The fourth-order valence-corrected chi connectivity index (χ4v) is 7.51. The van der Waals surface area contributed by atoms with Gasteiger partial charge in [0.25, 0.3) is 0 Å². The molecule has 0 fully saturated rings. The van der Waals surface area contributed by atoms with Gasteiger partial charge in [0.05, 0.1) is 0 Å². The second kappa shape index (κ2) is 15.2. The number of fused-ring (bicyclic) bond motifs is 2. The summed E-state index contributed by atoms with van der Waals surface area (Å²) in [5.74, 6) is 0. The number of hydrogen-bond acceptors (Lipinski definition) is 2. The number of pyridine rings is 2. The molecule has 0 N–H and O–H groups in total. The smallest absolute Gasteiger partial charge is 0.0239 e. The first-order valence-electron chi connectivity index (χ1n) is 18.2. The molecular weight excluding hydrogens is 821 g/mol. The van der Waals surface area contributed by atoms with Crippen LogP contribution in [-0.2, 0) is 36.4 Å². The van der Waals surface area contributed by atoms with Gasteiger partial charge in [-0.15, -0.1) is 64.7 Å². The molecule has 1 aliphatic carbocycles. The van der Waals surface area contributed by atoms with Gasteiger partial charge in [0.15, 0.2) is 0 Å². The quantitative estimate of drug-likeness (QED) is 0.165. The van der Waals surface area contributed by atoms with Crippen LogP contribution in [-0.4, -0.2) is 9.97 Å². The third-order valence-corrected chi connectivity index (χ3v) is 10.5. The Morgan fingerprint density at radius 2 is 1.13 bits per heavy atom. The molecule has 267 valence electrons. The van der Waals surface area contributed by atoms with Crippen molar-refractivity contribution in [3.63, 3.8) is 0 Å². The molecule has 1 radical (unpaired) electrons. The zero-order valence-corrected chi connectivity index (χ0v) is 34.1. The average molecular weight is 867 g/mol. The SMILES string of the molecule is CC(C)(C)c1ccnc(-c2[c-]ccc3c2C(C)(C)c2ccccc2C3(C)C)c1.[Ir].[c-]1cc(-c2ccccc2)ccc1-c1ccc(-c2ccccc2)cn1. The van der Waals surface area contributed by atoms with Crippen LogP contribution in [0.5, 0.6) is 0 Å². The topological polar surface area (TPSA) is 25.8 Å². The Hall–Kier alpha value is -4.95. The van der Waals surface area contributed by atoms with Crippen LogP contribution < -0.4 is 0 Å². The predicted molar refractivity (Wildman–Crippen MR) is 217 cm³/mol. The van der Waals surface area contributed by atoms with Gasteiger partial charge >= 0.3 is 0 Å². The van der Waals surface area contributed by atoms with Gasteiger partial charge in [-0.2, -0.15) is 0 Å². The Morgan fingerprint density at radius 3 is 1.72 bits per heavy atom. The molecule has 7 aromatic rings. The third-order valence-electron chi connectivity index (χ3n) is 10.5. The number of benzene rings is 5. The minimum atomic E-state index is -0.103. The van der Waals surface area contributed by atoms with Crippen molar-refractivity contribution in [1.82, 2.24) is 9.97 Å². The maximum absolute atomic E-state index is 4.77. The van der Waals surface area contributed by atoms with Crippen molar-refractivity contribution in [1.29, 1.82) is 0 Å². The van der Waals surface area contributed by atoms with Gasteiger partial charge in [0.1, 0.15) is 0 Å². The Morgan fingerprint density at radius 1 is 0.528 bits per heavy atom. The van der Waals surface area contributed by atoms with Gasteiger partial charge in [0, 0.05) is 32.5 Å². The van der Waals surface area contributed by atoms with E-state index in [0.29, 0.717) is 0 Å². The Kier molecular flexibility index (Phi) is 10.8. The Balaban J connectivity index is 0.000000180. The van der Waals surface area contributed by atoms with Crippen molar-refractivity contribution >= 4 is 0 Å². The Bertz CT molecular complexity index is 2220. The average Bonchev–Trinajstić information content (AvgIpc) is 3.18. The molecule has 0 atom stereocenters. The second-order valence-electron chi connectivity index (χ2n) is 15.8. The fraction of sp³-hybridized carbons (Fsp3) is 0.200. The van der Waals surface area contributed by atoms with Gasteiger partial charge in [-0.3, -0.25) is 0 Å². The maximum Gasteiger partial charge on any atom is 0.0239 e. The molecule has 5 aromatic carbocycles. The summed E-state index contributed by atoms with van der Waals surface area (Å²) in [6.07, 6.45) is 3.86. The van der Waals surface area contributed by atoms with Gasteiger partial charge in [-0.25, -0.2) is 0 Å². The molecular formula is C50H46IrN2-2. The van der Waals surface area contributed by atoms with Crippen LogP contribution in [0.15, 0.2) is 152 Å². The van der Waals surface area contributed by atoms with E-state index in [4.69, 9.17) is 4.98 Å². The number of nitrogens with zero attached hydrogens (tertiary/aromatic N) is 2. The molecule has 0 saturated heterocycles. The van der Waals surface area contributed by atoms with Crippen LogP contribution in [0.1, 0.15) is 76.3 Å². The molecule has 0 unspecified atom stereocenters. The summed E-state index contributed by atoms with van der Waals surface area (Å²) in [5.41, 5.74) is 15.6. The minimum Gasteiger partial charge on any atom is -0.305 e. The summed E-state index contributed by atoms with van der Waals surface area (Å²) in [5, 5.41) is 0. The largest absolute Gasteiger partial charge is 0.305 e. The summed E-state index contributed by atoms with van der Waals surface area (Å²) in [6, 6.07) is 55.5. The predicted octanol–water partition coefficient (Wildman–Crippen LogP) is 12.7. The molecule has 2 nitrogen and oxygen atoms in total. The monoisotopic (exact) mass is 867 g/mol. The van der Waals surface area contributed by atoms with Crippen molar-refractivity contribution in [2.24, 2.45) is 0 Å². The molecule has 1 aliphatic rings. The molecule has 0 aliphatic heterocycles. The van der Waals surface area contributed by atoms with Crippen LogP contribution in [0, 0.1) is 12.1 Å². The molecule has 0 amide bonds. The van der Waals surface area contributed by atoms with Crippen molar-refractivity contribution in [3.05, 3.63) is 192 Å². The van der Waals surface area contributed by atoms with Crippen molar-refractivity contribution in [3.8, 4) is 44.8 Å². The molecule has 8 rings (SSSR count). The van der Waals surface area contributed by atoms with E-state index in [1.165, 1.54) is 44.5 Å². The number of aromatic nitrogens is 2. The molecule has 3 heteroatoms. The normalized spacial score (nSPS) is 13.7. The van der Waals surface area contributed by atoms with Crippen molar-refractivity contribution < 1.29 is 20.1 Å². The van der Waals surface area contributed by atoms with Crippen molar-refractivity contribution in [2.75, 3.05) is 0 Å². The third kappa shape index (κ3) is 7.61. The number of rotatable bonds is 4. The van der Waals surface area contributed by atoms with E-state index in [-0.39, 0.29) is 36.4 Å². The molecule has 53 heavy (non-hydrogen) atoms.